The van der Waals surface area contributed by atoms with Crippen LogP contribution >= 0.6 is 0 Å². The lowest BCUT2D eigenvalue weighted by Crippen LogP contribution is -2.04. The molecule has 0 radical (unpaired) electrons. The first-order valence-electron chi connectivity index (χ1n) is 4.56. The summed E-state index contributed by atoms with van der Waals surface area (Å²) in [7, 11) is 0. The molecule has 1 aromatic heterocycles. The highest BCUT2D eigenvalue weighted by atomic mass is 16.3. The van der Waals surface area contributed by atoms with E-state index < -0.39 is 0 Å². The molecule has 0 saturated heterocycles. The van der Waals surface area contributed by atoms with E-state index in [1.165, 1.54) is 5.56 Å². The Balaban J connectivity index is 2.36. The average Bonchev–Trinajstić information content (AvgIpc) is 2.53. The molecule has 2 N–H and O–H groups in total. The fourth-order valence-corrected chi connectivity index (χ4v) is 1.70. The van der Waals surface area contributed by atoms with Crippen LogP contribution in [0.1, 0.15) is 49.3 Å². The van der Waals surface area contributed by atoms with E-state index in [-0.39, 0.29) is 6.04 Å². The molecular formula is C10H15NO. The average molecular weight is 165 g/mol. The van der Waals surface area contributed by atoms with E-state index in [9.17, 15) is 0 Å². The third kappa shape index (κ3) is 1.07. The van der Waals surface area contributed by atoms with E-state index in [1.54, 1.807) is 0 Å². The van der Waals surface area contributed by atoms with E-state index in [4.69, 9.17) is 10.2 Å². The molecule has 1 aliphatic carbocycles. The molecule has 1 atom stereocenters. The molecular weight excluding hydrogens is 150 g/mol. The third-order valence-corrected chi connectivity index (χ3v) is 2.49. The van der Waals surface area contributed by atoms with Gasteiger partial charge in [-0.25, -0.2) is 0 Å². The number of rotatable bonds is 1. The summed E-state index contributed by atoms with van der Waals surface area (Å²) in [5.74, 6) is 2.58. The van der Waals surface area contributed by atoms with Crippen molar-refractivity contribution in [2.24, 2.45) is 5.73 Å². The molecule has 0 spiro atoms. The summed E-state index contributed by atoms with van der Waals surface area (Å²) < 4.78 is 5.67. The van der Waals surface area contributed by atoms with Crippen molar-refractivity contribution in [2.45, 2.75) is 38.6 Å². The molecule has 2 nitrogen and oxygen atoms in total. The van der Waals surface area contributed by atoms with Crippen LogP contribution in [0.2, 0.25) is 0 Å². The van der Waals surface area contributed by atoms with Crippen molar-refractivity contribution in [3.05, 3.63) is 23.2 Å². The zero-order chi connectivity index (χ0) is 8.72. The molecule has 0 fully saturated rings. The SMILES string of the molecule is CC(C)c1cc2c(o1)C(N)CC2. The van der Waals surface area contributed by atoms with Gasteiger partial charge in [-0.1, -0.05) is 13.8 Å². The largest absolute Gasteiger partial charge is 0.464 e. The molecule has 1 heterocycles. The Morgan fingerprint density at radius 1 is 1.58 bits per heavy atom. The fraction of sp³-hybridized carbons (Fsp3) is 0.600. The van der Waals surface area contributed by atoms with Gasteiger partial charge >= 0.3 is 0 Å². The highest BCUT2D eigenvalue weighted by molar-refractivity contribution is 5.29. The van der Waals surface area contributed by atoms with Gasteiger partial charge in [0.05, 0.1) is 6.04 Å². The molecule has 0 aliphatic heterocycles. The topological polar surface area (TPSA) is 39.2 Å². The van der Waals surface area contributed by atoms with Crippen molar-refractivity contribution in [3.8, 4) is 0 Å². The van der Waals surface area contributed by atoms with Gasteiger partial charge in [0.1, 0.15) is 11.5 Å². The predicted molar refractivity (Wildman–Crippen MR) is 48.0 cm³/mol. The number of nitrogens with two attached hydrogens (primary N) is 1. The van der Waals surface area contributed by atoms with Crippen LogP contribution in [0.25, 0.3) is 0 Å². The van der Waals surface area contributed by atoms with Crippen molar-refractivity contribution in [1.29, 1.82) is 0 Å². The zero-order valence-electron chi connectivity index (χ0n) is 7.63. The van der Waals surface area contributed by atoms with Gasteiger partial charge in [0, 0.05) is 5.92 Å². The third-order valence-electron chi connectivity index (χ3n) is 2.49. The van der Waals surface area contributed by atoms with Gasteiger partial charge in [-0.05, 0) is 24.5 Å². The van der Waals surface area contributed by atoms with Gasteiger partial charge in [-0.2, -0.15) is 0 Å². The van der Waals surface area contributed by atoms with Gasteiger partial charge in [-0.3, -0.25) is 0 Å². The lowest BCUT2D eigenvalue weighted by molar-refractivity contribution is 0.424. The Hall–Kier alpha value is -0.760. The van der Waals surface area contributed by atoms with Gasteiger partial charge in [0.15, 0.2) is 0 Å². The van der Waals surface area contributed by atoms with Crippen molar-refractivity contribution in [1.82, 2.24) is 0 Å². The highest BCUT2D eigenvalue weighted by Crippen LogP contribution is 2.34. The van der Waals surface area contributed by atoms with Crippen LogP contribution in [0.15, 0.2) is 10.5 Å². The number of hydrogen-bond acceptors (Lipinski definition) is 2. The Labute approximate surface area is 72.7 Å². The molecule has 1 aliphatic rings. The summed E-state index contributed by atoms with van der Waals surface area (Å²) in [5, 5.41) is 0. The number of furan rings is 1. The maximum atomic E-state index is 5.87. The Morgan fingerprint density at radius 2 is 2.33 bits per heavy atom. The fourth-order valence-electron chi connectivity index (χ4n) is 1.70. The number of fused-ring (bicyclic) bond motifs is 1. The summed E-state index contributed by atoms with van der Waals surface area (Å²) in [6, 6.07) is 2.31. The van der Waals surface area contributed by atoms with Crippen LogP contribution in [0.5, 0.6) is 0 Å². The van der Waals surface area contributed by atoms with Crippen molar-refractivity contribution < 1.29 is 4.42 Å². The zero-order valence-corrected chi connectivity index (χ0v) is 7.63. The van der Waals surface area contributed by atoms with Crippen LogP contribution in [0.3, 0.4) is 0 Å². The first-order chi connectivity index (χ1) is 5.68. The first-order valence-corrected chi connectivity index (χ1v) is 4.56. The van der Waals surface area contributed by atoms with E-state index in [1.807, 2.05) is 0 Å². The smallest absolute Gasteiger partial charge is 0.124 e. The Bertz CT molecular complexity index is 288. The van der Waals surface area contributed by atoms with Crippen LogP contribution in [0.4, 0.5) is 0 Å². The Kier molecular flexibility index (Phi) is 1.72. The van der Waals surface area contributed by atoms with Crippen LogP contribution in [-0.4, -0.2) is 0 Å². The van der Waals surface area contributed by atoms with E-state index in [0.717, 1.165) is 24.4 Å². The van der Waals surface area contributed by atoms with E-state index in [0.29, 0.717) is 5.92 Å². The minimum atomic E-state index is 0.146. The lowest BCUT2D eigenvalue weighted by atomic mass is 10.1. The van der Waals surface area contributed by atoms with Crippen molar-refractivity contribution >= 4 is 0 Å². The first kappa shape index (κ1) is 7.87. The second kappa shape index (κ2) is 2.63. The molecule has 0 saturated carbocycles. The summed E-state index contributed by atoms with van der Waals surface area (Å²) in [5.41, 5.74) is 7.19. The van der Waals surface area contributed by atoms with Crippen molar-refractivity contribution in [2.75, 3.05) is 0 Å². The summed E-state index contributed by atoms with van der Waals surface area (Å²) >= 11 is 0. The quantitative estimate of drug-likeness (QED) is 0.693. The summed E-state index contributed by atoms with van der Waals surface area (Å²) in [6.07, 6.45) is 2.14. The van der Waals surface area contributed by atoms with E-state index >= 15 is 0 Å². The molecule has 12 heavy (non-hydrogen) atoms. The molecule has 1 aromatic rings. The molecule has 0 bridgehead atoms. The van der Waals surface area contributed by atoms with Gasteiger partial charge in [-0.15, -0.1) is 0 Å². The standard InChI is InChI=1S/C10H15NO/c1-6(2)9-5-7-3-4-8(11)10(7)12-9/h5-6,8H,3-4,11H2,1-2H3. The molecule has 66 valence electrons. The minimum Gasteiger partial charge on any atom is -0.464 e. The minimum absolute atomic E-state index is 0.146. The van der Waals surface area contributed by atoms with Gasteiger partial charge < -0.3 is 10.2 Å². The maximum Gasteiger partial charge on any atom is 0.124 e. The molecule has 2 heteroatoms. The van der Waals surface area contributed by atoms with Crippen LogP contribution in [-0.2, 0) is 6.42 Å². The summed E-state index contributed by atoms with van der Waals surface area (Å²) in [6.45, 7) is 4.28. The normalized spacial score (nSPS) is 21.8. The number of aryl methyl sites for hydroxylation is 1. The van der Waals surface area contributed by atoms with Crippen LogP contribution in [0, 0.1) is 0 Å². The summed E-state index contributed by atoms with van der Waals surface area (Å²) in [4.78, 5) is 0. The monoisotopic (exact) mass is 165 g/mol. The van der Waals surface area contributed by atoms with Gasteiger partial charge in [0.25, 0.3) is 0 Å². The lowest BCUT2D eigenvalue weighted by Gasteiger charge is -2.02. The molecule has 2 rings (SSSR count). The van der Waals surface area contributed by atoms with E-state index in [2.05, 4.69) is 19.9 Å². The second-order valence-electron chi connectivity index (χ2n) is 3.84. The van der Waals surface area contributed by atoms with Crippen molar-refractivity contribution in [3.63, 3.8) is 0 Å². The second-order valence-corrected chi connectivity index (χ2v) is 3.84. The predicted octanol–water partition coefficient (Wildman–Crippen LogP) is 2.35. The highest BCUT2D eigenvalue weighted by Gasteiger charge is 2.24. The molecule has 0 amide bonds. The molecule has 0 aromatic carbocycles. The molecule has 1 unspecified atom stereocenters. The van der Waals surface area contributed by atoms with Gasteiger partial charge in [0.2, 0.25) is 0 Å². The number of hydrogen-bond donors (Lipinski definition) is 1. The maximum absolute atomic E-state index is 5.87. The van der Waals surface area contributed by atoms with Crippen LogP contribution < -0.4 is 5.73 Å². The Morgan fingerprint density at radius 3 is 2.92 bits per heavy atom.